The number of amides is 1. The SMILES string of the molecule is CC1C2Cc3ccc(O)c4c3C1(CCN2C)/C(=C\NC(=O)c1cccc([N+](=O)[O-])c1)O4. The number of nitrogens with one attached hydrogen (secondary N) is 1. The van der Waals surface area contributed by atoms with Gasteiger partial charge in [0.15, 0.2) is 11.5 Å². The number of non-ortho nitro benzene ring substituents is 1. The first-order valence-corrected chi connectivity index (χ1v) is 10.3. The van der Waals surface area contributed by atoms with Gasteiger partial charge in [-0.1, -0.05) is 19.1 Å². The number of carbonyl (C=O) groups excluding carboxylic acids is 1. The van der Waals surface area contributed by atoms with E-state index >= 15 is 0 Å². The number of allylic oxidation sites excluding steroid dienone is 1. The molecule has 160 valence electrons. The fourth-order valence-electron chi connectivity index (χ4n) is 5.55. The maximum atomic E-state index is 12.7. The number of phenols is 1. The van der Waals surface area contributed by atoms with E-state index in [1.807, 2.05) is 6.07 Å². The molecule has 2 heterocycles. The van der Waals surface area contributed by atoms with E-state index in [9.17, 15) is 20.0 Å². The van der Waals surface area contributed by atoms with E-state index in [0.29, 0.717) is 17.6 Å². The average molecular weight is 421 g/mol. The largest absolute Gasteiger partial charge is 0.504 e. The number of carbonyl (C=O) groups is 1. The van der Waals surface area contributed by atoms with Crippen LogP contribution in [0.2, 0.25) is 0 Å². The Morgan fingerprint density at radius 1 is 1.39 bits per heavy atom. The molecule has 3 unspecified atom stereocenters. The molecule has 5 rings (SSSR count). The lowest BCUT2D eigenvalue weighted by molar-refractivity contribution is -0.384. The minimum Gasteiger partial charge on any atom is -0.504 e. The van der Waals surface area contributed by atoms with Crippen molar-refractivity contribution in [3.63, 3.8) is 0 Å². The van der Waals surface area contributed by atoms with Crippen LogP contribution < -0.4 is 10.1 Å². The molecule has 1 aliphatic carbocycles. The molecule has 1 fully saturated rings. The lowest BCUT2D eigenvalue weighted by Gasteiger charge is -2.52. The quantitative estimate of drug-likeness (QED) is 0.583. The maximum absolute atomic E-state index is 12.7. The van der Waals surface area contributed by atoms with Crippen molar-refractivity contribution < 1.29 is 19.6 Å². The Labute approximate surface area is 179 Å². The highest BCUT2D eigenvalue weighted by molar-refractivity contribution is 5.95. The molecule has 3 atom stereocenters. The van der Waals surface area contributed by atoms with E-state index in [1.165, 1.54) is 24.3 Å². The van der Waals surface area contributed by atoms with Crippen LogP contribution in [0.5, 0.6) is 11.5 Å². The lowest BCUT2D eigenvalue weighted by atomic mass is 9.58. The number of benzene rings is 2. The summed E-state index contributed by atoms with van der Waals surface area (Å²) >= 11 is 0. The molecule has 2 N–H and O–H groups in total. The third-order valence-corrected chi connectivity index (χ3v) is 7.18. The van der Waals surface area contributed by atoms with Crippen molar-refractivity contribution >= 4 is 11.6 Å². The zero-order valence-corrected chi connectivity index (χ0v) is 17.3. The van der Waals surface area contributed by atoms with Gasteiger partial charge in [-0.15, -0.1) is 0 Å². The van der Waals surface area contributed by atoms with Crippen LogP contribution in [0.4, 0.5) is 5.69 Å². The van der Waals surface area contributed by atoms with E-state index in [4.69, 9.17) is 4.74 Å². The Hall–Kier alpha value is -3.39. The molecular weight excluding hydrogens is 398 g/mol. The second-order valence-corrected chi connectivity index (χ2v) is 8.60. The van der Waals surface area contributed by atoms with Crippen LogP contribution in [-0.4, -0.2) is 40.5 Å². The minimum atomic E-state index is -0.530. The molecule has 1 saturated heterocycles. The first-order valence-electron chi connectivity index (χ1n) is 10.3. The summed E-state index contributed by atoms with van der Waals surface area (Å²) in [5.41, 5.74) is 1.82. The predicted molar refractivity (Wildman–Crippen MR) is 113 cm³/mol. The number of phenolic OH excluding ortho intramolecular Hbond substituents is 1. The van der Waals surface area contributed by atoms with Crippen LogP contribution in [0, 0.1) is 16.0 Å². The Kier molecular flexibility index (Phi) is 4.30. The van der Waals surface area contributed by atoms with Crippen LogP contribution in [0.3, 0.4) is 0 Å². The number of aromatic hydroxyl groups is 1. The minimum absolute atomic E-state index is 0.0936. The molecule has 8 nitrogen and oxygen atoms in total. The number of nitrogens with zero attached hydrogens (tertiary/aromatic N) is 2. The second kappa shape index (κ2) is 6.81. The summed E-state index contributed by atoms with van der Waals surface area (Å²) in [7, 11) is 2.13. The van der Waals surface area contributed by atoms with Crippen LogP contribution >= 0.6 is 0 Å². The molecule has 31 heavy (non-hydrogen) atoms. The summed E-state index contributed by atoms with van der Waals surface area (Å²) in [6, 6.07) is 9.56. The van der Waals surface area contributed by atoms with E-state index in [0.717, 1.165) is 30.5 Å². The molecule has 2 aromatic carbocycles. The van der Waals surface area contributed by atoms with Crippen molar-refractivity contribution in [1.29, 1.82) is 0 Å². The van der Waals surface area contributed by atoms with Crippen molar-refractivity contribution in [2.45, 2.75) is 31.2 Å². The Morgan fingerprint density at radius 3 is 2.97 bits per heavy atom. The maximum Gasteiger partial charge on any atom is 0.270 e. The number of likely N-dealkylation sites (tertiary alicyclic amines) is 1. The van der Waals surface area contributed by atoms with Gasteiger partial charge in [-0.3, -0.25) is 14.9 Å². The summed E-state index contributed by atoms with van der Waals surface area (Å²) in [4.78, 5) is 25.6. The first kappa shape index (κ1) is 19.6. The first-order chi connectivity index (χ1) is 14.8. The van der Waals surface area contributed by atoms with Gasteiger partial charge in [0.25, 0.3) is 11.6 Å². The van der Waals surface area contributed by atoms with Gasteiger partial charge in [-0.2, -0.15) is 0 Å². The summed E-state index contributed by atoms with van der Waals surface area (Å²) < 4.78 is 6.16. The highest BCUT2D eigenvalue weighted by atomic mass is 16.6. The molecule has 2 bridgehead atoms. The molecule has 2 aliphatic heterocycles. The smallest absolute Gasteiger partial charge is 0.270 e. The Bertz CT molecular complexity index is 1140. The van der Waals surface area contributed by atoms with Crippen LogP contribution in [0.1, 0.15) is 34.8 Å². The molecular formula is C23H23N3O5. The summed E-state index contributed by atoms with van der Waals surface area (Å²) in [6.07, 6.45) is 3.26. The number of rotatable bonds is 3. The molecule has 0 saturated carbocycles. The number of piperidine rings is 1. The number of hydrogen-bond acceptors (Lipinski definition) is 6. The third-order valence-electron chi connectivity index (χ3n) is 7.18. The van der Waals surface area contributed by atoms with Crippen LogP contribution in [-0.2, 0) is 11.8 Å². The molecule has 0 aromatic heterocycles. The highest BCUT2D eigenvalue weighted by Gasteiger charge is 2.58. The summed E-state index contributed by atoms with van der Waals surface area (Å²) in [6.45, 7) is 3.07. The summed E-state index contributed by atoms with van der Waals surface area (Å²) in [5.74, 6) is 0.945. The predicted octanol–water partition coefficient (Wildman–Crippen LogP) is 3.10. The van der Waals surface area contributed by atoms with Gasteiger partial charge in [0, 0.05) is 35.5 Å². The highest BCUT2D eigenvalue weighted by Crippen LogP contribution is 2.61. The normalized spacial score (nSPS) is 27.5. The summed E-state index contributed by atoms with van der Waals surface area (Å²) in [5, 5.41) is 24.2. The van der Waals surface area contributed by atoms with Gasteiger partial charge >= 0.3 is 0 Å². The Morgan fingerprint density at radius 2 is 2.19 bits per heavy atom. The van der Waals surface area contributed by atoms with E-state index in [2.05, 4.69) is 24.2 Å². The standard InChI is InChI=1S/C23H23N3O5/c1-13-17-11-14-6-7-18(27)21-20(14)23(13,8-9-25(17)2)19(31-21)12-24-22(28)15-4-3-5-16(10-15)26(29)30/h3-7,10,12-13,17,27H,8-9,11H2,1-2H3,(H,24,28)/b19-12+. The van der Waals surface area contributed by atoms with Crippen molar-refractivity contribution in [2.24, 2.45) is 5.92 Å². The van der Waals surface area contributed by atoms with Crippen molar-refractivity contribution in [3.05, 3.63) is 75.2 Å². The fourth-order valence-corrected chi connectivity index (χ4v) is 5.55. The van der Waals surface area contributed by atoms with Crippen molar-refractivity contribution in [2.75, 3.05) is 13.6 Å². The lowest BCUT2D eigenvalue weighted by Crippen LogP contribution is -2.57. The molecule has 2 aromatic rings. The average Bonchev–Trinajstić information content (AvgIpc) is 3.09. The van der Waals surface area contributed by atoms with E-state index < -0.39 is 16.2 Å². The van der Waals surface area contributed by atoms with Gasteiger partial charge in [0.1, 0.15) is 5.76 Å². The molecule has 8 heteroatoms. The van der Waals surface area contributed by atoms with Crippen LogP contribution in [0.15, 0.2) is 48.4 Å². The van der Waals surface area contributed by atoms with Crippen molar-refractivity contribution in [1.82, 2.24) is 10.2 Å². The van der Waals surface area contributed by atoms with Gasteiger partial charge < -0.3 is 20.1 Å². The second-order valence-electron chi connectivity index (χ2n) is 8.60. The molecule has 3 aliphatic rings. The van der Waals surface area contributed by atoms with E-state index in [1.54, 1.807) is 12.3 Å². The number of fused-ring (bicyclic) bond motifs is 1. The number of nitro benzene ring substituents is 1. The third kappa shape index (κ3) is 2.75. The number of hydrogen-bond donors (Lipinski definition) is 2. The van der Waals surface area contributed by atoms with Crippen molar-refractivity contribution in [3.8, 4) is 11.5 Å². The van der Waals surface area contributed by atoms with Gasteiger partial charge in [0.05, 0.1) is 10.3 Å². The topological polar surface area (TPSA) is 105 Å². The molecule has 0 radical (unpaired) electrons. The fraction of sp³-hybridized carbons (Fsp3) is 0.348. The molecule has 1 amide bonds. The number of nitro groups is 1. The van der Waals surface area contributed by atoms with Gasteiger partial charge in [-0.25, -0.2) is 0 Å². The monoisotopic (exact) mass is 421 g/mol. The Balaban J connectivity index is 1.53. The zero-order chi connectivity index (χ0) is 21.9. The zero-order valence-electron chi connectivity index (χ0n) is 17.3. The van der Waals surface area contributed by atoms with Crippen LogP contribution in [0.25, 0.3) is 0 Å². The number of likely N-dealkylation sites (N-methyl/N-ethyl adjacent to an activating group) is 1. The molecule has 1 spiro atoms. The van der Waals surface area contributed by atoms with Gasteiger partial charge in [-0.05, 0) is 50.0 Å². The number of ether oxygens (including phenoxy) is 1. The van der Waals surface area contributed by atoms with Gasteiger partial charge in [0.2, 0.25) is 0 Å². The van der Waals surface area contributed by atoms with E-state index in [-0.39, 0.29) is 22.9 Å².